The molecule has 0 aliphatic heterocycles. The maximum absolute atomic E-state index is 12.7. The van der Waals surface area contributed by atoms with Crippen LogP contribution in [-0.2, 0) is 11.0 Å². The van der Waals surface area contributed by atoms with Gasteiger partial charge in [0.2, 0.25) is 5.91 Å². The van der Waals surface area contributed by atoms with Crippen LogP contribution in [0.2, 0.25) is 0 Å². The summed E-state index contributed by atoms with van der Waals surface area (Å²) in [6, 6.07) is 11.4. The predicted molar refractivity (Wildman–Crippen MR) is 100 cm³/mol. The minimum atomic E-state index is -4.43. The molecule has 0 radical (unpaired) electrons. The van der Waals surface area contributed by atoms with Gasteiger partial charge in [-0.3, -0.25) is 9.59 Å². The van der Waals surface area contributed by atoms with Crippen LogP contribution in [-0.4, -0.2) is 30.1 Å². The van der Waals surface area contributed by atoms with Gasteiger partial charge in [0.15, 0.2) is 0 Å². The highest BCUT2D eigenvalue weighted by Gasteiger charge is 2.30. The Morgan fingerprint density at radius 1 is 1.07 bits per heavy atom. The average Bonchev–Trinajstić information content (AvgIpc) is 2.61. The number of anilines is 1. The summed E-state index contributed by atoms with van der Waals surface area (Å²) in [6.07, 6.45) is -1.96. The number of carbonyl (C=O) groups is 2. The van der Waals surface area contributed by atoms with Crippen molar-refractivity contribution >= 4 is 34.7 Å². The van der Waals surface area contributed by atoms with Gasteiger partial charge in [0, 0.05) is 30.8 Å². The molecule has 0 spiro atoms. The van der Waals surface area contributed by atoms with Crippen LogP contribution in [0.15, 0.2) is 59.5 Å². The van der Waals surface area contributed by atoms with Crippen LogP contribution in [0.3, 0.4) is 0 Å². The van der Waals surface area contributed by atoms with Crippen molar-refractivity contribution in [3.8, 4) is 0 Å². The smallest absolute Gasteiger partial charge is 0.339 e. The fraction of sp³-hybridized carbons (Fsp3) is 0.158. The second-order valence-corrected chi connectivity index (χ2v) is 6.76. The van der Waals surface area contributed by atoms with E-state index in [-0.39, 0.29) is 10.8 Å². The SMILES string of the molecule is CN(C)C(=O)Sc1ccc(NC(=O)/C=C/c2cccc(C(F)(F)F)c2)cc1. The Balaban J connectivity index is 1.97. The lowest BCUT2D eigenvalue weighted by atomic mass is 10.1. The van der Waals surface area contributed by atoms with Crippen molar-refractivity contribution in [2.75, 3.05) is 19.4 Å². The molecule has 2 rings (SSSR count). The lowest BCUT2D eigenvalue weighted by molar-refractivity contribution is -0.137. The number of rotatable bonds is 4. The third kappa shape index (κ3) is 6.49. The van der Waals surface area contributed by atoms with Crippen LogP contribution in [0, 0.1) is 0 Å². The number of nitrogens with one attached hydrogen (secondary N) is 1. The highest BCUT2D eigenvalue weighted by molar-refractivity contribution is 8.13. The van der Waals surface area contributed by atoms with Crippen molar-refractivity contribution < 1.29 is 22.8 Å². The van der Waals surface area contributed by atoms with E-state index < -0.39 is 17.6 Å². The fourth-order valence-electron chi connectivity index (χ4n) is 1.97. The lowest BCUT2D eigenvalue weighted by Gasteiger charge is -2.09. The van der Waals surface area contributed by atoms with E-state index in [0.29, 0.717) is 5.69 Å². The zero-order valence-corrected chi connectivity index (χ0v) is 15.4. The molecular formula is C19H17F3N2O2S. The van der Waals surface area contributed by atoms with Crippen LogP contribution in [0.25, 0.3) is 6.08 Å². The molecule has 0 aliphatic carbocycles. The summed E-state index contributed by atoms with van der Waals surface area (Å²) in [5, 5.41) is 2.49. The number of thioether (sulfide) groups is 1. The van der Waals surface area contributed by atoms with Crippen molar-refractivity contribution in [3.63, 3.8) is 0 Å². The molecule has 2 amide bonds. The zero-order valence-electron chi connectivity index (χ0n) is 14.6. The van der Waals surface area contributed by atoms with Crippen LogP contribution in [0.4, 0.5) is 23.7 Å². The minimum Gasteiger partial charge on any atom is -0.339 e. The molecule has 0 aromatic heterocycles. The first kappa shape index (κ1) is 20.6. The van der Waals surface area contributed by atoms with Crippen molar-refractivity contribution in [3.05, 3.63) is 65.7 Å². The highest BCUT2D eigenvalue weighted by Crippen LogP contribution is 2.29. The molecule has 0 aliphatic rings. The van der Waals surface area contributed by atoms with Crippen LogP contribution in [0.5, 0.6) is 0 Å². The second-order valence-electron chi connectivity index (χ2n) is 5.73. The van der Waals surface area contributed by atoms with E-state index in [0.717, 1.165) is 34.9 Å². The predicted octanol–water partition coefficient (Wildman–Crippen LogP) is 5.13. The summed E-state index contributed by atoms with van der Waals surface area (Å²) in [7, 11) is 3.31. The van der Waals surface area contributed by atoms with E-state index in [4.69, 9.17) is 0 Å². The Labute approximate surface area is 159 Å². The first-order valence-electron chi connectivity index (χ1n) is 7.80. The van der Waals surface area contributed by atoms with Gasteiger partial charge in [-0.05, 0) is 59.8 Å². The van der Waals surface area contributed by atoms with Gasteiger partial charge in [-0.15, -0.1) is 0 Å². The molecule has 27 heavy (non-hydrogen) atoms. The normalized spacial score (nSPS) is 11.4. The number of amides is 2. The quantitative estimate of drug-likeness (QED) is 0.578. The molecule has 0 fully saturated rings. The first-order valence-corrected chi connectivity index (χ1v) is 8.62. The molecule has 0 saturated heterocycles. The second kappa shape index (κ2) is 8.77. The summed E-state index contributed by atoms with van der Waals surface area (Å²) in [4.78, 5) is 25.7. The molecule has 2 aromatic carbocycles. The van der Waals surface area contributed by atoms with E-state index in [1.165, 1.54) is 23.1 Å². The molecule has 1 N–H and O–H groups in total. The van der Waals surface area contributed by atoms with Crippen molar-refractivity contribution in [1.82, 2.24) is 4.90 Å². The Kier molecular flexibility index (Phi) is 6.68. The van der Waals surface area contributed by atoms with E-state index in [2.05, 4.69) is 5.32 Å². The van der Waals surface area contributed by atoms with E-state index >= 15 is 0 Å². The molecule has 0 saturated carbocycles. The third-order valence-electron chi connectivity index (χ3n) is 3.33. The largest absolute Gasteiger partial charge is 0.416 e. The topological polar surface area (TPSA) is 49.4 Å². The number of benzene rings is 2. The molecule has 4 nitrogen and oxygen atoms in total. The number of alkyl halides is 3. The van der Waals surface area contributed by atoms with Gasteiger partial charge >= 0.3 is 6.18 Å². The highest BCUT2D eigenvalue weighted by atomic mass is 32.2. The number of carbonyl (C=O) groups excluding carboxylic acids is 2. The van der Waals surface area contributed by atoms with Gasteiger partial charge in [0.25, 0.3) is 5.24 Å². The van der Waals surface area contributed by atoms with E-state index in [1.807, 2.05) is 0 Å². The molecule has 142 valence electrons. The maximum atomic E-state index is 12.7. The lowest BCUT2D eigenvalue weighted by Crippen LogP contribution is -2.16. The monoisotopic (exact) mass is 394 g/mol. The van der Waals surface area contributed by atoms with Gasteiger partial charge in [-0.25, -0.2) is 0 Å². The van der Waals surface area contributed by atoms with Gasteiger partial charge < -0.3 is 10.2 Å². The summed E-state index contributed by atoms with van der Waals surface area (Å²) < 4.78 is 38.0. The molecule has 2 aromatic rings. The Morgan fingerprint density at radius 2 is 1.74 bits per heavy atom. The maximum Gasteiger partial charge on any atom is 0.416 e. The van der Waals surface area contributed by atoms with Gasteiger partial charge in [-0.1, -0.05) is 12.1 Å². The third-order valence-corrected chi connectivity index (χ3v) is 4.38. The number of nitrogens with zero attached hydrogens (tertiary/aromatic N) is 1. The van der Waals surface area contributed by atoms with Crippen LogP contribution >= 0.6 is 11.8 Å². The number of halogens is 3. The number of hydrogen-bond donors (Lipinski definition) is 1. The summed E-state index contributed by atoms with van der Waals surface area (Å²) in [6.45, 7) is 0. The molecule has 0 heterocycles. The Bertz CT molecular complexity index is 847. The van der Waals surface area contributed by atoms with Gasteiger partial charge in [0.05, 0.1) is 5.56 Å². The first-order chi connectivity index (χ1) is 12.6. The van der Waals surface area contributed by atoms with Crippen LogP contribution in [0.1, 0.15) is 11.1 Å². The summed E-state index contributed by atoms with van der Waals surface area (Å²) in [5.41, 5.74) is 0.00897. The molecule has 0 atom stereocenters. The Hall–Kier alpha value is -2.74. The Morgan fingerprint density at radius 3 is 2.33 bits per heavy atom. The van der Waals surface area contributed by atoms with Gasteiger partial charge in [0.1, 0.15) is 0 Å². The number of hydrogen-bond acceptors (Lipinski definition) is 3. The van der Waals surface area contributed by atoms with Gasteiger partial charge in [-0.2, -0.15) is 13.2 Å². The minimum absolute atomic E-state index is 0.115. The standard InChI is InChI=1S/C19H17F3N2O2S/c1-24(2)18(26)27-16-9-7-15(8-10-16)23-17(25)11-6-13-4-3-5-14(12-13)19(20,21)22/h3-12H,1-2H3,(H,23,25)/b11-6+. The average molecular weight is 394 g/mol. The van der Waals surface area contributed by atoms with Crippen LogP contribution < -0.4 is 5.32 Å². The fourth-order valence-corrected chi connectivity index (χ4v) is 2.63. The summed E-state index contributed by atoms with van der Waals surface area (Å²) in [5.74, 6) is -0.475. The van der Waals surface area contributed by atoms with Crippen molar-refractivity contribution in [1.29, 1.82) is 0 Å². The van der Waals surface area contributed by atoms with Crippen molar-refractivity contribution in [2.24, 2.45) is 0 Å². The zero-order chi connectivity index (χ0) is 20.0. The van der Waals surface area contributed by atoms with Crippen molar-refractivity contribution in [2.45, 2.75) is 11.1 Å². The molecule has 8 heteroatoms. The molecule has 0 bridgehead atoms. The van der Waals surface area contributed by atoms with E-state index in [1.54, 1.807) is 38.4 Å². The molecular weight excluding hydrogens is 377 g/mol. The summed E-state index contributed by atoms with van der Waals surface area (Å²) >= 11 is 1.06. The molecule has 0 unspecified atom stereocenters. The van der Waals surface area contributed by atoms with E-state index in [9.17, 15) is 22.8 Å².